The van der Waals surface area contributed by atoms with Gasteiger partial charge in [-0.2, -0.15) is 0 Å². The Morgan fingerprint density at radius 1 is 1.15 bits per heavy atom. The van der Waals surface area contributed by atoms with Crippen molar-refractivity contribution in [3.8, 4) is 0 Å². The number of nitrogens with one attached hydrogen (secondary N) is 2. The molecule has 3 aliphatic rings. The van der Waals surface area contributed by atoms with Gasteiger partial charge in [-0.1, -0.05) is 18.2 Å². The highest BCUT2D eigenvalue weighted by Gasteiger charge is 2.58. The molecule has 1 unspecified atom stereocenters. The van der Waals surface area contributed by atoms with Crippen LogP contribution < -0.4 is 10.6 Å². The average molecular weight is 355 g/mol. The van der Waals surface area contributed by atoms with E-state index in [0.29, 0.717) is 11.3 Å². The maximum Gasteiger partial charge on any atom is 0.251 e. The molecule has 0 aromatic heterocycles. The molecule has 3 fully saturated rings. The maximum atomic E-state index is 12.8. The molecule has 1 aliphatic carbocycles. The van der Waals surface area contributed by atoms with Crippen LogP contribution in [-0.4, -0.2) is 48.9 Å². The number of nitrogens with zero attached hydrogens (tertiary/aromatic N) is 1. The minimum Gasteiger partial charge on any atom is -0.349 e. The van der Waals surface area contributed by atoms with E-state index in [1.807, 2.05) is 36.1 Å². The lowest BCUT2D eigenvalue weighted by atomic mass is 9.91. The standard InChI is InChI=1S/C21H29N3O2/c1-15-4-2-3-5-17(15)19(25)23-16-6-12-24(13-7-16)20(26)18-14-21(18)8-10-22-11-9-21/h2-5,16,18,22H,6-14H2,1H3,(H,23,25). The van der Waals surface area contributed by atoms with Gasteiger partial charge in [-0.15, -0.1) is 0 Å². The number of amides is 2. The lowest BCUT2D eigenvalue weighted by molar-refractivity contribution is -0.134. The van der Waals surface area contributed by atoms with Gasteiger partial charge in [-0.3, -0.25) is 9.59 Å². The fourth-order valence-electron chi connectivity index (χ4n) is 4.73. The number of hydrogen-bond donors (Lipinski definition) is 2. The first kappa shape index (κ1) is 17.5. The minimum absolute atomic E-state index is 0.00345. The van der Waals surface area contributed by atoms with Gasteiger partial charge in [0.15, 0.2) is 0 Å². The van der Waals surface area contributed by atoms with Gasteiger partial charge in [0.25, 0.3) is 5.91 Å². The van der Waals surface area contributed by atoms with Crippen molar-refractivity contribution in [1.29, 1.82) is 0 Å². The zero-order chi connectivity index (χ0) is 18.1. The fourth-order valence-corrected chi connectivity index (χ4v) is 4.73. The molecule has 5 heteroatoms. The van der Waals surface area contributed by atoms with Crippen LogP contribution in [0.2, 0.25) is 0 Å². The van der Waals surface area contributed by atoms with Crippen LogP contribution >= 0.6 is 0 Å². The van der Waals surface area contributed by atoms with E-state index in [1.165, 1.54) is 0 Å². The summed E-state index contributed by atoms with van der Waals surface area (Å²) < 4.78 is 0. The highest BCUT2D eigenvalue weighted by molar-refractivity contribution is 5.95. The molecule has 1 saturated carbocycles. The zero-order valence-electron chi connectivity index (χ0n) is 15.6. The molecule has 2 heterocycles. The summed E-state index contributed by atoms with van der Waals surface area (Å²) in [4.78, 5) is 27.4. The van der Waals surface area contributed by atoms with Crippen LogP contribution in [-0.2, 0) is 4.79 Å². The van der Waals surface area contributed by atoms with Crippen LogP contribution in [0.4, 0.5) is 0 Å². The van der Waals surface area contributed by atoms with Gasteiger partial charge in [0, 0.05) is 30.6 Å². The zero-order valence-corrected chi connectivity index (χ0v) is 15.6. The number of likely N-dealkylation sites (tertiary alicyclic amines) is 1. The molecule has 26 heavy (non-hydrogen) atoms. The molecule has 2 N–H and O–H groups in total. The van der Waals surface area contributed by atoms with E-state index in [2.05, 4.69) is 10.6 Å². The topological polar surface area (TPSA) is 61.4 Å². The Bertz CT molecular complexity index is 688. The third-order valence-electron chi connectivity index (χ3n) is 6.62. The highest BCUT2D eigenvalue weighted by Crippen LogP contribution is 2.59. The number of aryl methyl sites for hydroxylation is 1. The van der Waals surface area contributed by atoms with E-state index in [0.717, 1.165) is 69.4 Å². The predicted molar refractivity (Wildman–Crippen MR) is 101 cm³/mol. The average Bonchev–Trinajstić information content (AvgIpc) is 3.35. The van der Waals surface area contributed by atoms with Crippen LogP contribution in [0.1, 0.15) is 48.0 Å². The van der Waals surface area contributed by atoms with Gasteiger partial charge in [0.2, 0.25) is 5.91 Å². The van der Waals surface area contributed by atoms with Crippen molar-refractivity contribution in [1.82, 2.24) is 15.5 Å². The summed E-state index contributed by atoms with van der Waals surface area (Å²) in [6.07, 6.45) is 5.07. The third kappa shape index (κ3) is 3.37. The van der Waals surface area contributed by atoms with E-state index in [4.69, 9.17) is 0 Å². The van der Waals surface area contributed by atoms with Gasteiger partial charge in [-0.25, -0.2) is 0 Å². The first-order valence-electron chi connectivity index (χ1n) is 9.95. The van der Waals surface area contributed by atoms with Crippen LogP contribution in [0, 0.1) is 18.3 Å². The molecule has 1 spiro atoms. The Morgan fingerprint density at radius 3 is 2.54 bits per heavy atom. The number of benzene rings is 1. The summed E-state index contributed by atoms with van der Waals surface area (Å²) in [6.45, 7) is 5.60. The van der Waals surface area contributed by atoms with Crippen molar-refractivity contribution in [2.75, 3.05) is 26.2 Å². The minimum atomic E-state index is 0.00345. The van der Waals surface area contributed by atoms with E-state index >= 15 is 0 Å². The number of hydrogen-bond acceptors (Lipinski definition) is 3. The van der Waals surface area contributed by atoms with Crippen LogP contribution in [0.3, 0.4) is 0 Å². The van der Waals surface area contributed by atoms with Gasteiger partial charge >= 0.3 is 0 Å². The molecular weight excluding hydrogens is 326 g/mol. The first-order chi connectivity index (χ1) is 12.6. The normalized spacial score (nSPS) is 25.1. The second-order valence-electron chi connectivity index (χ2n) is 8.26. The summed E-state index contributed by atoms with van der Waals surface area (Å²) in [5, 5.41) is 6.55. The summed E-state index contributed by atoms with van der Waals surface area (Å²) >= 11 is 0. The maximum absolute atomic E-state index is 12.8. The largest absolute Gasteiger partial charge is 0.349 e. The van der Waals surface area contributed by atoms with Gasteiger partial charge < -0.3 is 15.5 Å². The van der Waals surface area contributed by atoms with Crippen LogP contribution in [0.5, 0.6) is 0 Å². The molecule has 2 amide bonds. The van der Waals surface area contributed by atoms with Gasteiger partial charge in [0.1, 0.15) is 0 Å². The molecular formula is C21H29N3O2. The summed E-state index contributed by atoms with van der Waals surface area (Å²) in [6, 6.07) is 7.84. The van der Waals surface area contributed by atoms with Gasteiger partial charge in [-0.05, 0) is 69.2 Å². The molecule has 4 rings (SSSR count). The molecule has 2 aliphatic heterocycles. The number of carbonyl (C=O) groups excluding carboxylic acids is 2. The third-order valence-corrected chi connectivity index (χ3v) is 6.62. The quantitative estimate of drug-likeness (QED) is 0.873. The Labute approximate surface area is 155 Å². The van der Waals surface area contributed by atoms with Crippen LogP contribution in [0.15, 0.2) is 24.3 Å². The van der Waals surface area contributed by atoms with E-state index in [9.17, 15) is 9.59 Å². The SMILES string of the molecule is Cc1ccccc1C(=O)NC1CCN(C(=O)C2CC23CCNCC3)CC1. The number of rotatable bonds is 3. The molecule has 1 aromatic carbocycles. The second-order valence-corrected chi connectivity index (χ2v) is 8.26. The Kier molecular flexibility index (Phi) is 4.74. The molecule has 0 bridgehead atoms. The van der Waals surface area contributed by atoms with Gasteiger partial charge in [0.05, 0.1) is 0 Å². The van der Waals surface area contributed by atoms with Crippen molar-refractivity contribution in [3.05, 3.63) is 35.4 Å². The summed E-state index contributed by atoms with van der Waals surface area (Å²) in [7, 11) is 0. The molecule has 5 nitrogen and oxygen atoms in total. The van der Waals surface area contributed by atoms with E-state index in [1.54, 1.807) is 0 Å². The number of carbonyl (C=O) groups is 2. The lowest BCUT2D eigenvalue weighted by Crippen LogP contribution is -2.47. The second kappa shape index (κ2) is 7.03. The molecule has 2 saturated heterocycles. The lowest BCUT2D eigenvalue weighted by Gasteiger charge is -2.33. The Balaban J connectivity index is 1.27. The molecule has 0 radical (unpaired) electrons. The molecule has 140 valence electrons. The van der Waals surface area contributed by atoms with Crippen molar-refractivity contribution >= 4 is 11.8 Å². The highest BCUT2D eigenvalue weighted by atomic mass is 16.2. The van der Waals surface area contributed by atoms with E-state index in [-0.39, 0.29) is 17.9 Å². The van der Waals surface area contributed by atoms with Crippen molar-refractivity contribution in [2.45, 2.75) is 45.1 Å². The fraction of sp³-hybridized carbons (Fsp3) is 0.619. The van der Waals surface area contributed by atoms with Crippen molar-refractivity contribution in [2.24, 2.45) is 11.3 Å². The van der Waals surface area contributed by atoms with E-state index < -0.39 is 0 Å². The summed E-state index contributed by atoms with van der Waals surface area (Å²) in [5.41, 5.74) is 2.05. The number of piperidine rings is 2. The summed E-state index contributed by atoms with van der Waals surface area (Å²) in [5.74, 6) is 0.613. The van der Waals surface area contributed by atoms with Crippen molar-refractivity contribution in [3.63, 3.8) is 0 Å². The molecule has 1 atom stereocenters. The predicted octanol–water partition coefficient (Wildman–Crippen LogP) is 2.11. The Morgan fingerprint density at radius 2 is 1.85 bits per heavy atom. The smallest absolute Gasteiger partial charge is 0.251 e. The monoisotopic (exact) mass is 355 g/mol. The van der Waals surface area contributed by atoms with Crippen molar-refractivity contribution < 1.29 is 9.59 Å². The Hall–Kier alpha value is -1.88. The molecule has 1 aromatic rings. The first-order valence-corrected chi connectivity index (χ1v) is 9.95. The van der Waals surface area contributed by atoms with Crippen LogP contribution in [0.25, 0.3) is 0 Å².